The zero-order valence-electron chi connectivity index (χ0n) is 11.2. The third-order valence-corrected chi connectivity index (χ3v) is 2.79. The Labute approximate surface area is 103 Å². The minimum absolute atomic E-state index is 0.187. The number of piperazine rings is 1. The van der Waals surface area contributed by atoms with E-state index in [1.807, 2.05) is 27.7 Å². The second-order valence-corrected chi connectivity index (χ2v) is 5.50. The number of halogens is 1. The van der Waals surface area contributed by atoms with E-state index in [4.69, 9.17) is 4.74 Å². The number of rotatable bonds is 2. The lowest BCUT2D eigenvalue weighted by atomic mass is 10.2. The molecule has 1 rings (SSSR count). The highest BCUT2D eigenvalue weighted by Crippen LogP contribution is 2.14. The number of amides is 1. The van der Waals surface area contributed by atoms with Gasteiger partial charge in [-0.05, 0) is 27.7 Å². The first kappa shape index (κ1) is 14.2. The monoisotopic (exact) mass is 246 g/mol. The van der Waals surface area contributed by atoms with Crippen LogP contribution in [0.2, 0.25) is 0 Å². The number of carbonyl (C=O) groups is 1. The zero-order valence-corrected chi connectivity index (χ0v) is 11.2. The van der Waals surface area contributed by atoms with Crippen LogP contribution in [0.5, 0.6) is 0 Å². The smallest absolute Gasteiger partial charge is 0.410 e. The Morgan fingerprint density at radius 2 is 2.06 bits per heavy atom. The van der Waals surface area contributed by atoms with Crippen molar-refractivity contribution in [1.82, 2.24) is 9.80 Å². The summed E-state index contributed by atoms with van der Waals surface area (Å²) >= 11 is 0. The SMILES string of the molecule is CC1CN(C(=O)OC(C)(C)C)CCN1CCF. The summed E-state index contributed by atoms with van der Waals surface area (Å²) in [6.07, 6.45) is -0.274. The van der Waals surface area contributed by atoms with Crippen molar-refractivity contribution in [3.05, 3.63) is 0 Å². The van der Waals surface area contributed by atoms with Gasteiger partial charge in [0.15, 0.2) is 0 Å². The third-order valence-electron chi connectivity index (χ3n) is 2.79. The van der Waals surface area contributed by atoms with E-state index in [9.17, 15) is 9.18 Å². The highest BCUT2D eigenvalue weighted by Gasteiger charge is 2.29. The van der Waals surface area contributed by atoms with Gasteiger partial charge in [-0.3, -0.25) is 4.90 Å². The Morgan fingerprint density at radius 3 is 2.53 bits per heavy atom. The van der Waals surface area contributed by atoms with Gasteiger partial charge in [-0.2, -0.15) is 0 Å². The molecule has 1 aliphatic rings. The van der Waals surface area contributed by atoms with Crippen LogP contribution >= 0.6 is 0 Å². The van der Waals surface area contributed by atoms with Crippen LogP contribution in [0.3, 0.4) is 0 Å². The summed E-state index contributed by atoms with van der Waals surface area (Å²) in [7, 11) is 0. The van der Waals surface area contributed by atoms with Gasteiger partial charge in [-0.1, -0.05) is 0 Å². The molecule has 1 atom stereocenters. The lowest BCUT2D eigenvalue weighted by Crippen LogP contribution is -2.54. The second kappa shape index (κ2) is 5.67. The molecule has 0 aromatic rings. The first-order chi connectivity index (χ1) is 7.83. The van der Waals surface area contributed by atoms with Crippen molar-refractivity contribution in [3.63, 3.8) is 0 Å². The van der Waals surface area contributed by atoms with Crippen LogP contribution in [0.15, 0.2) is 0 Å². The molecular formula is C12H23FN2O2. The van der Waals surface area contributed by atoms with Crippen LogP contribution in [0.1, 0.15) is 27.7 Å². The molecule has 4 nitrogen and oxygen atoms in total. The third kappa shape index (κ3) is 4.50. The summed E-state index contributed by atoms with van der Waals surface area (Å²) in [5, 5.41) is 0. The molecule has 1 saturated heterocycles. The molecule has 0 spiro atoms. The van der Waals surface area contributed by atoms with E-state index in [1.165, 1.54) is 0 Å². The molecular weight excluding hydrogens is 223 g/mol. The average molecular weight is 246 g/mol. The Bertz CT molecular complexity index is 266. The summed E-state index contributed by atoms with van der Waals surface area (Å²) in [5.74, 6) is 0. The maximum absolute atomic E-state index is 12.3. The Morgan fingerprint density at radius 1 is 1.41 bits per heavy atom. The van der Waals surface area contributed by atoms with Crippen LogP contribution < -0.4 is 0 Å². The van der Waals surface area contributed by atoms with E-state index < -0.39 is 5.60 Å². The Balaban J connectivity index is 2.46. The minimum atomic E-state index is -0.462. The fourth-order valence-electron chi connectivity index (χ4n) is 1.93. The number of carbonyl (C=O) groups excluding carboxylic acids is 1. The van der Waals surface area contributed by atoms with Gasteiger partial charge in [0.25, 0.3) is 0 Å². The maximum atomic E-state index is 12.3. The number of hydrogen-bond donors (Lipinski definition) is 0. The largest absolute Gasteiger partial charge is 0.444 e. The van der Waals surface area contributed by atoms with Crippen LogP contribution in [0, 0.1) is 0 Å². The van der Waals surface area contributed by atoms with E-state index in [0.29, 0.717) is 26.2 Å². The molecule has 1 amide bonds. The molecule has 0 N–H and O–H groups in total. The van der Waals surface area contributed by atoms with Crippen molar-refractivity contribution < 1.29 is 13.9 Å². The van der Waals surface area contributed by atoms with Gasteiger partial charge >= 0.3 is 6.09 Å². The highest BCUT2D eigenvalue weighted by atomic mass is 19.1. The van der Waals surface area contributed by atoms with Gasteiger partial charge in [0.05, 0.1) is 0 Å². The lowest BCUT2D eigenvalue weighted by molar-refractivity contribution is 0.00520. The molecule has 0 aromatic carbocycles. The molecule has 0 aromatic heterocycles. The topological polar surface area (TPSA) is 32.8 Å². The highest BCUT2D eigenvalue weighted by molar-refractivity contribution is 5.68. The maximum Gasteiger partial charge on any atom is 0.410 e. The van der Waals surface area contributed by atoms with Crippen LogP contribution in [0.25, 0.3) is 0 Å². The van der Waals surface area contributed by atoms with Crippen LogP contribution in [-0.2, 0) is 4.74 Å². The number of nitrogens with zero attached hydrogens (tertiary/aromatic N) is 2. The molecule has 1 fully saturated rings. The van der Waals surface area contributed by atoms with Gasteiger partial charge in [0, 0.05) is 32.2 Å². The standard InChI is InChI=1S/C12H23FN2O2/c1-10-9-15(8-7-14(10)6-5-13)11(16)17-12(2,3)4/h10H,5-9H2,1-4H3. The summed E-state index contributed by atoms with van der Waals surface area (Å²) < 4.78 is 17.6. The molecule has 0 bridgehead atoms. The molecule has 1 unspecified atom stereocenters. The fraction of sp³-hybridized carbons (Fsp3) is 0.917. The van der Waals surface area contributed by atoms with Gasteiger partial charge in [-0.15, -0.1) is 0 Å². The lowest BCUT2D eigenvalue weighted by Gasteiger charge is -2.39. The average Bonchev–Trinajstić information content (AvgIpc) is 2.18. The van der Waals surface area contributed by atoms with Crippen molar-refractivity contribution in [1.29, 1.82) is 0 Å². The first-order valence-electron chi connectivity index (χ1n) is 6.11. The summed E-state index contributed by atoms with van der Waals surface area (Å²) in [6.45, 7) is 9.61. The minimum Gasteiger partial charge on any atom is -0.444 e. The van der Waals surface area contributed by atoms with Crippen LogP contribution in [0.4, 0.5) is 9.18 Å². The normalized spacial score (nSPS) is 22.6. The molecule has 0 radical (unpaired) electrons. The van der Waals surface area contributed by atoms with E-state index in [0.717, 1.165) is 0 Å². The van der Waals surface area contributed by atoms with E-state index in [1.54, 1.807) is 4.90 Å². The molecule has 5 heteroatoms. The summed E-state index contributed by atoms with van der Waals surface area (Å²) in [6, 6.07) is 0.187. The predicted molar refractivity (Wildman–Crippen MR) is 64.8 cm³/mol. The molecule has 0 aliphatic carbocycles. The zero-order chi connectivity index (χ0) is 13.1. The van der Waals surface area contributed by atoms with Crippen molar-refractivity contribution in [2.24, 2.45) is 0 Å². The first-order valence-corrected chi connectivity index (χ1v) is 6.11. The van der Waals surface area contributed by atoms with Gasteiger partial charge in [-0.25, -0.2) is 9.18 Å². The van der Waals surface area contributed by atoms with Crippen molar-refractivity contribution >= 4 is 6.09 Å². The molecule has 17 heavy (non-hydrogen) atoms. The molecule has 100 valence electrons. The van der Waals surface area contributed by atoms with Gasteiger partial charge < -0.3 is 9.64 Å². The second-order valence-electron chi connectivity index (χ2n) is 5.50. The number of hydrogen-bond acceptors (Lipinski definition) is 3. The molecule has 0 saturated carbocycles. The number of ether oxygens (including phenoxy) is 1. The molecule has 1 heterocycles. The van der Waals surface area contributed by atoms with E-state index in [2.05, 4.69) is 4.90 Å². The summed E-state index contributed by atoms with van der Waals surface area (Å²) in [5.41, 5.74) is -0.462. The number of alkyl halides is 1. The van der Waals surface area contributed by atoms with Crippen LogP contribution in [-0.4, -0.2) is 60.4 Å². The quantitative estimate of drug-likeness (QED) is 0.746. The molecule has 1 aliphatic heterocycles. The fourth-order valence-corrected chi connectivity index (χ4v) is 1.93. The Hall–Kier alpha value is -0.840. The van der Waals surface area contributed by atoms with E-state index in [-0.39, 0.29) is 18.8 Å². The van der Waals surface area contributed by atoms with Gasteiger partial charge in [0.1, 0.15) is 12.3 Å². The van der Waals surface area contributed by atoms with Crippen molar-refractivity contribution in [2.75, 3.05) is 32.9 Å². The van der Waals surface area contributed by atoms with Crippen molar-refractivity contribution in [3.8, 4) is 0 Å². The van der Waals surface area contributed by atoms with E-state index >= 15 is 0 Å². The van der Waals surface area contributed by atoms with Gasteiger partial charge in [0.2, 0.25) is 0 Å². The van der Waals surface area contributed by atoms with Crippen molar-refractivity contribution in [2.45, 2.75) is 39.3 Å². The summed E-state index contributed by atoms with van der Waals surface area (Å²) in [4.78, 5) is 15.6. The Kier molecular flexibility index (Phi) is 4.74. The predicted octanol–water partition coefficient (Wildman–Crippen LogP) is 1.90.